The van der Waals surface area contributed by atoms with Crippen molar-refractivity contribution in [1.82, 2.24) is 14.9 Å². The predicted octanol–water partition coefficient (Wildman–Crippen LogP) is 4.78. The summed E-state index contributed by atoms with van der Waals surface area (Å²) >= 11 is 1.82. The molecule has 3 nitrogen and oxygen atoms in total. The molecule has 2 aromatic rings. The third kappa shape index (κ3) is 3.73. The molecule has 0 aromatic carbocycles. The first-order valence-corrected chi connectivity index (χ1v) is 9.16. The van der Waals surface area contributed by atoms with Gasteiger partial charge >= 0.3 is 0 Å². The Bertz CT molecular complexity index is 559. The van der Waals surface area contributed by atoms with Crippen molar-refractivity contribution in [2.24, 2.45) is 0 Å². The Morgan fingerprint density at radius 3 is 2.59 bits per heavy atom. The van der Waals surface area contributed by atoms with E-state index in [1.807, 2.05) is 23.7 Å². The number of nitrogens with zero attached hydrogens (tertiary/aromatic N) is 3. The minimum atomic E-state index is 0.429. The molecule has 0 bridgehead atoms. The van der Waals surface area contributed by atoms with Gasteiger partial charge in [0, 0.05) is 41.3 Å². The molecule has 4 heteroatoms. The first-order chi connectivity index (χ1) is 10.7. The largest absolute Gasteiger partial charge is 0.294 e. The van der Waals surface area contributed by atoms with Crippen LogP contribution in [0.5, 0.6) is 0 Å². The molecule has 0 amide bonds. The van der Waals surface area contributed by atoms with Crippen LogP contribution < -0.4 is 0 Å². The minimum Gasteiger partial charge on any atom is -0.294 e. The van der Waals surface area contributed by atoms with Crippen molar-refractivity contribution in [2.45, 2.75) is 57.5 Å². The average molecular weight is 315 g/mol. The van der Waals surface area contributed by atoms with Gasteiger partial charge in [-0.1, -0.05) is 25.3 Å². The van der Waals surface area contributed by atoms with Crippen molar-refractivity contribution >= 4 is 11.3 Å². The van der Waals surface area contributed by atoms with E-state index in [1.54, 1.807) is 0 Å². The van der Waals surface area contributed by atoms with Gasteiger partial charge in [-0.15, -0.1) is 11.3 Å². The average Bonchev–Trinajstić information content (AvgIpc) is 3.10. The molecule has 2 heterocycles. The molecule has 0 spiro atoms. The van der Waals surface area contributed by atoms with E-state index in [9.17, 15) is 0 Å². The van der Waals surface area contributed by atoms with Crippen molar-refractivity contribution in [3.05, 3.63) is 46.2 Å². The van der Waals surface area contributed by atoms with Gasteiger partial charge in [0.2, 0.25) is 0 Å². The van der Waals surface area contributed by atoms with Crippen LogP contribution >= 0.6 is 11.3 Å². The second kappa shape index (κ2) is 7.34. The maximum Gasteiger partial charge on any atom is 0.131 e. The number of aromatic nitrogens is 2. The zero-order valence-corrected chi connectivity index (χ0v) is 14.4. The van der Waals surface area contributed by atoms with Crippen LogP contribution in [-0.4, -0.2) is 21.9 Å². The molecule has 1 aliphatic carbocycles. The molecular weight excluding hydrogens is 290 g/mol. The maximum absolute atomic E-state index is 4.64. The molecule has 3 rings (SSSR count). The van der Waals surface area contributed by atoms with E-state index in [-0.39, 0.29) is 0 Å². The fourth-order valence-electron chi connectivity index (χ4n) is 3.19. The second-order valence-corrected chi connectivity index (χ2v) is 7.37. The van der Waals surface area contributed by atoms with Crippen LogP contribution in [0.25, 0.3) is 0 Å². The lowest BCUT2D eigenvalue weighted by molar-refractivity contribution is 0.255. The van der Waals surface area contributed by atoms with Gasteiger partial charge in [0.05, 0.1) is 0 Å². The summed E-state index contributed by atoms with van der Waals surface area (Å²) in [6, 6.07) is 4.75. The third-order valence-electron chi connectivity index (χ3n) is 4.74. The molecule has 2 aromatic heterocycles. The third-order valence-corrected chi connectivity index (χ3v) is 5.79. The van der Waals surface area contributed by atoms with Gasteiger partial charge in [0.25, 0.3) is 0 Å². The highest BCUT2D eigenvalue weighted by atomic mass is 32.1. The fraction of sp³-hybridized carbons (Fsp3) is 0.556. The van der Waals surface area contributed by atoms with E-state index >= 15 is 0 Å². The van der Waals surface area contributed by atoms with Gasteiger partial charge in [-0.3, -0.25) is 4.90 Å². The highest BCUT2D eigenvalue weighted by molar-refractivity contribution is 7.10. The number of rotatable bonds is 5. The van der Waals surface area contributed by atoms with Crippen molar-refractivity contribution in [2.75, 3.05) is 7.05 Å². The quantitative estimate of drug-likeness (QED) is 0.795. The number of hydrogen-bond acceptors (Lipinski definition) is 4. The van der Waals surface area contributed by atoms with Crippen LogP contribution in [0.2, 0.25) is 0 Å². The molecular formula is C18H25N3S. The molecule has 1 saturated carbocycles. The lowest BCUT2D eigenvalue weighted by atomic mass is 9.89. The summed E-state index contributed by atoms with van der Waals surface area (Å²) in [4.78, 5) is 13.0. The van der Waals surface area contributed by atoms with Gasteiger partial charge in [0.15, 0.2) is 0 Å². The van der Waals surface area contributed by atoms with E-state index in [0.29, 0.717) is 12.0 Å². The Kier molecular flexibility index (Phi) is 5.21. The van der Waals surface area contributed by atoms with Crippen molar-refractivity contribution in [1.29, 1.82) is 0 Å². The van der Waals surface area contributed by atoms with E-state index < -0.39 is 0 Å². The fourth-order valence-corrected chi connectivity index (χ4v) is 4.04. The Labute approximate surface area is 137 Å². The molecule has 22 heavy (non-hydrogen) atoms. The monoisotopic (exact) mass is 315 g/mol. The summed E-state index contributed by atoms with van der Waals surface area (Å²) < 4.78 is 0. The van der Waals surface area contributed by atoms with Crippen LogP contribution in [0.15, 0.2) is 29.9 Å². The summed E-state index contributed by atoms with van der Waals surface area (Å²) in [5.41, 5.74) is 1.20. The zero-order valence-electron chi connectivity index (χ0n) is 13.5. The van der Waals surface area contributed by atoms with Crippen molar-refractivity contribution in [3.8, 4) is 0 Å². The van der Waals surface area contributed by atoms with Gasteiger partial charge in [-0.2, -0.15) is 0 Å². The molecule has 118 valence electrons. The van der Waals surface area contributed by atoms with E-state index in [1.165, 1.54) is 42.5 Å². The molecule has 1 atom stereocenters. The van der Waals surface area contributed by atoms with Crippen molar-refractivity contribution in [3.63, 3.8) is 0 Å². The molecule has 1 fully saturated rings. The molecule has 0 radical (unpaired) electrons. The van der Waals surface area contributed by atoms with Crippen LogP contribution in [0.4, 0.5) is 0 Å². The minimum absolute atomic E-state index is 0.429. The molecule has 1 aliphatic rings. The van der Waals surface area contributed by atoms with Crippen LogP contribution in [0.3, 0.4) is 0 Å². The lowest BCUT2D eigenvalue weighted by Gasteiger charge is -2.24. The lowest BCUT2D eigenvalue weighted by Crippen LogP contribution is -2.21. The second-order valence-electron chi connectivity index (χ2n) is 6.39. The van der Waals surface area contributed by atoms with Crippen LogP contribution in [0.1, 0.15) is 67.3 Å². The Balaban J connectivity index is 1.60. The van der Waals surface area contributed by atoms with Crippen LogP contribution in [-0.2, 0) is 6.54 Å². The number of thiophene rings is 1. The van der Waals surface area contributed by atoms with Crippen molar-refractivity contribution < 1.29 is 0 Å². The van der Waals surface area contributed by atoms with E-state index in [0.717, 1.165) is 12.4 Å². The Hall–Kier alpha value is -1.26. The van der Waals surface area contributed by atoms with E-state index in [2.05, 4.69) is 46.4 Å². The van der Waals surface area contributed by atoms with Gasteiger partial charge in [0.1, 0.15) is 5.82 Å². The summed E-state index contributed by atoms with van der Waals surface area (Å²) in [5, 5.41) is 2.14. The van der Waals surface area contributed by atoms with Gasteiger partial charge in [-0.05, 0) is 38.3 Å². The summed E-state index contributed by atoms with van der Waals surface area (Å²) in [6.45, 7) is 3.15. The normalized spacial score (nSPS) is 17.8. The summed E-state index contributed by atoms with van der Waals surface area (Å²) in [7, 11) is 2.17. The van der Waals surface area contributed by atoms with Gasteiger partial charge < -0.3 is 0 Å². The first kappa shape index (κ1) is 15.6. The smallest absolute Gasteiger partial charge is 0.131 e. The molecule has 1 unspecified atom stereocenters. The Morgan fingerprint density at radius 2 is 1.95 bits per heavy atom. The molecule has 0 saturated heterocycles. The molecule has 0 aliphatic heterocycles. The summed E-state index contributed by atoms with van der Waals surface area (Å²) in [5.74, 6) is 1.64. The SMILES string of the molecule is CC(c1cccs1)N(C)Cc1cnc(C2CCCCC2)nc1. The Morgan fingerprint density at radius 1 is 1.23 bits per heavy atom. The standard InChI is InChI=1S/C18H25N3S/c1-14(17-9-6-10-22-17)21(2)13-15-11-19-18(20-12-15)16-7-4-3-5-8-16/h6,9-12,14,16H,3-5,7-8,13H2,1-2H3. The highest BCUT2D eigenvalue weighted by Gasteiger charge is 2.18. The zero-order chi connectivity index (χ0) is 15.4. The highest BCUT2D eigenvalue weighted by Crippen LogP contribution is 2.30. The van der Waals surface area contributed by atoms with E-state index in [4.69, 9.17) is 0 Å². The number of hydrogen-bond donors (Lipinski definition) is 0. The topological polar surface area (TPSA) is 29.0 Å². The molecule has 0 N–H and O–H groups in total. The predicted molar refractivity (Wildman–Crippen MR) is 92.1 cm³/mol. The summed E-state index contributed by atoms with van der Waals surface area (Å²) in [6.07, 6.45) is 10.6. The maximum atomic E-state index is 4.64. The van der Waals surface area contributed by atoms with Crippen LogP contribution in [0, 0.1) is 0 Å². The first-order valence-electron chi connectivity index (χ1n) is 8.28. The van der Waals surface area contributed by atoms with Gasteiger partial charge in [-0.25, -0.2) is 9.97 Å².